The van der Waals surface area contributed by atoms with Crippen molar-refractivity contribution in [1.82, 2.24) is 4.57 Å². The van der Waals surface area contributed by atoms with Gasteiger partial charge in [0.2, 0.25) is 0 Å². The Morgan fingerprint density at radius 2 is 1.42 bits per heavy atom. The van der Waals surface area contributed by atoms with E-state index in [1.54, 1.807) is 6.07 Å². The second-order valence-electron chi connectivity index (χ2n) is 6.50. The van der Waals surface area contributed by atoms with Gasteiger partial charge in [-0.3, -0.25) is 0 Å². The lowest BCUT2D eigenvalue weighted by Gasteiger charge is -2.08. The second kappa shape index (κ2) is 5.73. The third-order valence-electron chi connectivity index (χ3n) is 4.99. The Morgan fingerprint density at radius 1 is 0.654 bits per heavy atom. The van der Waals surface area contributed by atoms with Gasteiger partial charge < -0.3 is 14.6 Å². The summed E-state index contributed by atoms with van der Waals surface area (Å²) in [6.45, 7) is 0. The zero-order chi connectivity index (χ0) is 17.7. The second-order valence-corrected chi connectivity index (χ2v) is 6.50. The standard InChI is InChI=1S/C22H16BNO2/c25-23(26)16-11-12-19-21(14-16)24(17-7-2-1-3-8-17)20-13-10-15-6-4-5-9-18(15)22(19)20/h1-14,25-26H. The van der Waals surface area contributed by atoms with Crippen LogP contribution in [0.3, 0.4) is 0 Å². The van der Waals surface area contributed by atoms with Crippen molar-refractivity contribution in [3.63, 3.8) is 0 Å². The van der Waals surface area contributed by atoms with E-state index in [4.69, 9.17) is 0 Å². The predicted octanol–water partition coefficient (Wildman–Crippen LogP) is 3.62. The molecule has 4 aromatic carbocycles. The highest BCUT2D eigenvalue weighted by Gasteiger charge is 2.18. The Labute approximate surface area is 150 Å². The molecule has 0 aliphatic carbocycles. The predicted molar refractivity (Wildman–Crippen MR) is 108 cm³/mol. The van der Waals surface area contributed by atoms with Crippen molar-refractivity contribution in [3.8, 4) is 5.69 Å². The number of rotatable bonds is 2. The van der Waals surface area contributed by atoms with Gasteiger partial charge in [-0.25, -0.2) is 0 Å². The number of nitrogens with zero attached hydrogens (tertiary/aromatic N) is 1. The fraction of sp³-hybridized carbons (Fsp3) is 0. The molecule has 5 aromatic rings. The van der Waals surface area contributed by atoms with Gasteiger partial charge in [-0.15, -0.1) is 0 Å². The van der Waals surface area contributed by atoms with Crippen LogP contribution in [0.1, 0.15) is 0 Å². The first-order chi connectivity index (χ1) is 12.7. The summed E-state index contributed by atoms with van der Waals surface area (Å²) in [5.41, 5.74) is 3.61. The lowest BCUT2D eigenvalue weighted by atomic mass is 9.80. The molecule has 4 heteroatoms. The van der Waals surface area contributed by atoms with E-state index < -0.39 is 7.12 Å². The van der Waals surface area contributed by atoms with Crippen molar-refractivity contribution in [1.29, 1.82) is 0 Å². The first kappa shape index (κ1) is 15.2. The summed E-state index contributed by atoms with van der Waals surface area (Å²) in [7, 11) is -1.49. The highest BCUT2D eigenvalue weighted by atomic mass is 16.4. The van der Waals surface area contributed by atoms with E-state index in [2.05, 4.69) is 47.0 Å². The Hall–Kier alpha value is -3.08. The van der Waals surface area contributed by atoms with Crippen molar-refractivity contribution in [2.24, 2.45) is 0 Å². The van der Waals surface area contributed by atoms with Crippen molar-refractivity contribution in [3.05, 3.63) is 84.9 Å². The molecule has 2 N–H and O–H groups in total. The quantitative estimate of drug-likeness (QED) is 0.483. The largest absolute Gasteiger partial charge is 0.488 e. The lowest BCUT2D eigenvalue weighted by molar-refractivity contribution is 0.426. The average molecular weight is 337 g/mol. The van der Waals surface area contributed by atoms with E-state index in [-0.39, 0.29) is 0 Å². The molecule has 1 aromatic heterocycles. The van der Waals surface area contributed by atoms with Crippen LogP contribution in [0.4, 0.5) is 0 Å². The Balaban J connectivity index is 2.02. The highest BCUT2D eigenvalue weighted by molar-refractivity contribution is 6.59. The molecular weight excluding hydrogens is 321 g/mol. The van der Waals surface area contributed by atoms with Gasteiger partial charge in [0.05, 0.1) is 11.0 Å². The van der Waals surface area contributed by atoms with Gasteiger partial charge in [0.1, 0.15) is 0 Å². The van der Waals surface area contributed by atoms with Crippen LogP contribution in [0.25, 0.3) is 38.3 Å². The topological polar surface area (TPSA) is 45.4 Å². The van der Waals surface area contributed by atoms with Crippen molar-refractivity contribution in [2.75, 3.05) is 0 Å². The average Bonchev–Trinajstić information content (AvgIpc) is 3.02. The Bertz CT molecular complexity index is 1260. The molecule has 1 heterocycles. The molecule has 124 valence electrons. The molecule has 0 fully saturated rings. The molecule has 3 nitrogen and oxygen atoms in total. The molecule has 26 heavy (non-hydrogen) atoms. The number of para-hydroxylation sites is 1. The maximum absolute atomic E-state index is 9.64. The molecule has 5 rings (SSSR count). The lowest BCUT2D eigenvalue weighted by Crippen LogP contribution is -2.29. The molecular formula is C22H16BNO2. The number of hydrogen-bond donors (Lipinski definition) is 2. The molecule has 0 unspecified atom stereocenters. The van der Waals surface area contributed by atoms with E-state index in [0.29, 0.717) is 5.46 Å². The maximum Gasteiger partial charge on any atom is 0.488 e. The van der Waals surface area contributed by atoms with E-state index in [1.807, 2.05) is 36.4 Å². The van der Waals surface area contributed by atoms with Crippen LogP contribution in [0.5, 0.6) is 0 Å². The van der Waals surface area contributed by atoms with Gasteiger partial charge in [-0.05, 0) is 40.5 Å². The van der Waals surface area contributed by atoms with Crippen LogP contribution in [-0.2, 0) is 0 Å². The van der Waals surface area contributed by atoms with E-state index in [9.17, 15) is 10.0 Å². The summed E-state index contributed by atoms with van der Waals surface area (Å²) >= 11 is 0. The first-order valence-corrected chi connectivity index (χ1v) is 8.61. The minimum absolute atomic E-state index is 0.488. The van der Waals surface area contributed by atoms with Gasteiger partial charge in [0.25, 0.3) is 0 Å². The number of fused-ring (bicyclic) bond motifs is 5. The number of aromatic nitrogens is 1. The molecule has 0 atom stereocenters. The van der Waals surface area contributed by atoms with E-state index in [1.165, 1.54) is 16.2 Å². The Morgan fingerprint density at radius 3 is 2.23 bits per heavy atom. The Kier molecular flexibility index (Phi) is 3.35. The SMILES string of the molecule is OB(O)c1ccc2c3c4ccccc4ccc3n(-c3ccccc3)c2c1. The normalized spacial score (nSPS) is 11.5. The molecule has 0 saturated carbocycles. The van der Waals surface area contributed by atoms with E-state index in [0.717, 1.165) is 22.1 Å². The monoisotopic (exact) mass is 337 g/mol. The zero-order valence-corrected chi connectivity index (χ0v) is 14.0. The van der Waals surface area contributed by atoms with Gasteiger partial charge >= 0.3 is 7.12 Å². The molecule has 0 bridgehead atoms. The van der Waals surface area contributed by atoms with Gasteiger partial charge in [0, 0.05) is 16.5 Å². The summed E-state index contributed by atoms with van der Waals surface area (Å²) in [6.07, 6.45) is 0. The third-order valence-corrected chi connectivity index (χ3v) is 4.99. The fourth-order valence-electron chi connectivity index (χ4n) is 3.82. The molecule has 0 aliphatic heterocycles. The summed E-state index contributed by atoms with van der Waals surface area (Å²) < 4.78 is 2.18. The molecule has 0 saturated heterocycles. The molecule has 0 aliphatic rings. The molecule has 0 radical (unpaired) electrons. The molecule has 0 spiro atoms. The maximum atomic E-state index is 9.64. The van der Waals surface area contributed by atoms with Gasteiger partial charge in [-0.1, -0.05) is 60.7 Å². The number of hydrogen-bond acceptors (Lipinski definition) is 2. The van der Waals surface area contributed by atoms with Crippen LogP contribution in [0.15, 0.2) is 84.9 Å². The third kappa shape index (κ3) is 2.17. The van der Waals surface area contributed by atoms with Crippen LogP contribution >= 0.6 is 0 Å². The van der Waals surface area contributed by atoms with Gasteiger partial charge in [-0.2, -0.15) is 0 Å². The smallest absolute Gasteiger partial charge is 0.423 e. The zero-order valence-electron chi connectivity index (χ0n) is 14.0. The minimum Gasteiger partial charge on any atom is -0.423 e. The van der Waals surface area contributed by atoms with Gasteiger partial charge in [0.15, 0.2) is 0 Å². The highest BCUT2D eigenvalue weighted by Crippen LogP contribution is 2.36. The first-order valence-electron chi connectivity index (χ1n) is 8.61. The number of benzene rings is 4. The van der Waals surface area contributed by atoms with Crippen molar-refractivity contribution < 1.29 is 10.0 Å². The summed E-state index contributed by atoms with van der Waals surface area (Å²) in [5, 5.41) is 23.9. The van der Waals surface area contributed by atoms with Crippen LogP contribution in [-0.4, -0.2) is 21.7 Å². The van der Waals surface area contributed by atoms with Crippen LogP contribution in [0, 0.1) is 0 Å². The van der Waals surface area contributed by atoms with Crippen molar-refractivity contribution in [2.45, 2.75) is 0 Å². The van der Waals surface area contributed by atoms with Crippen LogP contribution < -0.4 is 5.46 Å². The van der Waals surface area contributed by atoms with E-state index >= 15 is 0 Å². The summed E-state index contributed by atoms with van der Waals surface area (Å²) in [6, 6.07) is 28.4. The summed E-state index contributed by atoms with van der Waals surface area (Å²) in [5.74, 6) is 0. The van der Waals surface area contributed by atoms with Crippen molar-refractivity contribution >= 4 is 45.2 Å². The minimum atomic E-state index is -1.49. The molecule has 0 amide bonds. The summed E-state index contributed by atoms with van der Waals surface area (Å²) in [4.78, 5) is 0. The van der Waals surface area contributed by atoms with Crippen LogP contribution in [0.2, 0.25) is 0 Å². The fourth-order valence-corrected chi connectivity index (χ4v) is 3.82.